The van der Waals surface area contributed by atoms with Gasteiger partial charge < -0.3 is 14.7 Å². The second kappa shape index (κ2) is 5.04. The molecule has 0 aromatic carbocycles. The first kappa shape index (κ1) is 12.4. The van der Waals surface area contributed by atoms with Crippen molar-refractivity contribution in [2.45, 2.75) is 44.2 Å². The third kappa shape index (κ3) is 2.29. The van der Waals surface area contributed by atoms with Crippen LogP contribution in [0.25, 0.3) is 0 Å². The van der Waals surface area contributed by atoms with E-state index in [4.69, 9.17) is 4.74 Å². The second-order valence-corrected chi connectivity index (χ2v) is 4.94. The number of carboxylic acids is 1. The first-order chi connectivity index (χ1) is 8.15. The van der Waals surface area contributed by atoms with Crippen molar-refractivity contribution in [3.8, 4) is 0 Å². The van der Waals surface area contributed by atoms with Gasteiger partial charge in [0, 0.05) is 13.2 Å². The molecule has 1 aliphatic heterocycles. The largest absolute Gasteiger partial charge is 0.480 e. The Morgan fingerprint density at radius 1 is 1.35 bits per heavy atom. The number of rotatable bonds is 3. The first-order valence-corrected chi connectivity index (χ1v) is 6.18. The predicted molar refractivity (Wildman–Crippen MR) is 60.5 cm³/mol. The highest BCUT2D eigenvalue weighted by Crippen LogP contribution is 2.39. The number of nitrogens with zero attached hydrogens (tertiary/aromatic N) is 1. The highest BCUT2D eigenvalue weighted by atomic mass is 16.5. The van der Waals surface area contributed by atoms with Gasteiger partial charge in [-0.2, -0.15) is 0 Å². The third-order valence-electron chi connectivity index (χ3n) is 3.93. The van der Waals surface area contributed by atoms with Crippen LogP contribution in [-0.2, 0) is 14.3 Å². The van der Waals surface area contributed by atoms with Crippen LogP contribution < -0.4 is 0 Å². The fraction of sp³-hybridized carbons (Fsp3) is 0.833. The molecular weight excluding hydrogens is 222 g/mol. The van der Waals surface area contributed by atoms with Crippen LogP contribution in [0.15, 0.2) is 0 Å². The average Bonchev–Trinajstić information content (AvgIpc) is 2.68. The van der Waals surface area contributed by atoms with Crippen molar-refractivity contribution in [3.63, 3.8) is 0 Å². The second-order valence-electron chi connectivity index (χ2n) is 4.94. The Balaban J connectivity index is 2.17. The lowest BCUT2D eigenvalue weighted by atomic mass is 9.85. The van der Waals surface area contributed by atoms with Gasteiger partial charge in [0.05, 0.1) is 0 Å². The Morgan fingerprint density at radius 3 is 2.71 bits per heavy atom. The van der Waals surface area contributed by atoms with E-state index >= 15 is 0 Å². The van der Waals surface area contributed by atoms with E-state index in [1.165, 1.54) is 7.11 Å². The van der Waals surface area contributed by atoms with Gasteiger partial charge in [-0.05, 0) is 25.2 Å². The summed E-state index contributed by atoms with van der Waals surface area (Å²) in [6, 6.07) is -0.529. The van der Waals surface area contributed by atoms with Crippen LogP contribution in [0.5, 0.6) is 0 Å². The van der Waals surface area contributed by atoms with Gasteiger partial charge in [-0.25, -0.2) is 4.79 Å². The Labute approximate surface area is 101 Å². The minimum atomic E-state index is -0.885. The lowest BCUT2D eigenvalue weighted by molar-refractivity contribution is -0.151. The van der Waals surface area contributed by atoms with Crippen LogP contribution in [0, 0.1) is 5.92 Å². The van der Waals surface area contributed by atoms with E-state index in [1.807, 2.05) is 0 Å². The number of carbonyl (C=O) groups excluding carboxylic acids is 1. The molecule has 0 unspecified atom stereocenters. The number of carbonyl (C=O) groups is 2. The molecule has 17 heavy (non-hydrogen) atoms. The minimum absolute atomic E-state index is 0.0208. The van der Waals surface area contributed by atoms with Crippen LogP contribution in [0.4, 0.5) is 0 Å². The number of hydrogen-bond acceptors (Lipinski definition) is 3. The highest BCUT2D eigenvalue weighted by molar-refractivity contribution is 5.85. The van der Waals surface area contributed by atoms with Gasteiger partial charge >= 0.3 is 5.97 Å². The molecule has 0 aromatic heterocycles. The molecule has 0 aromatic rings. The number of ether oxygens (including phenoxy) is 1. The van der Waals surface area contributed by atoms with Gasteiger partial charge in [-0.15, -0.1) is 0 Å². The molecule has 1 saturated heterocycles. The molecule has 3 atom stereocenters. The van der Waals surface area contributed by atoms with Crippen molar-refractivity contribution in [1.29, 1.82) is 0 Å². The number of carboxylic acid groups (broad SMARTS) is 1. The van der Waals surface area contributed by atoms with Gasteiger partial charge in [-0.3, -0.25) is 4.79 Å². The van der Waals surface area contributed by atoms with E-state index in [2.05, 4.69) is 0 Å². The van der Waals surface area contributed by atoms with Crippen LogP contribution in [-0.4, -0.2) is 47.7 Å². The number of hydrogen-bond donors (Lipinski definition) is 1. The van der Waals surface area contributed by atoms with Gasteiger partial charge in [0.15, 0.2) is 0 Å². The number of methoxy groups -OCH3 is 1. The maximum absolute atomic E-state index is 12.0. The first-order valence-electron chi connectivity index (χ1n) is 6.18. The lowest BCUT2D eigenvalue weighted by Gasteiger charge is -2.32. The summed E-state index contributed by atoms with van der Waals surface area (Å²) in [5.74, 6) is -0.705. The van der Waals surface area contributed by atoms with Crippen LogP contribution in [0.1, 0.15) is 32.1 Å². The zero-order valence-electron chi connectivity index (χ0n) is 10.1. The summed E-state index contributed by atoms with van der Waals surface area (Å²) in [5.41, 5.74) is 0. The molecule has 2 aliphatic rings. The molecule has 96 valence electrons. The minimum Gasteiger partial charge on any atom is -0.480 e. The summed E-state index contributed by atoms with van der Waals surface area (Å²) < 4.78 is 4.84. The Hall–Kier alpha value is -1.10. The fourth-order valence-corrected chi connectivity index (χ4v) is 3.24. The molecule has 1 saturated carbocycles. The van der Waals surface area contributed by atoms with Crippen molar-refractivity contribution in [3.05, 3.63) is 0 Å². The van der Waals surface area contributed by atoms with Gasteiger partial charge in [0.2, 0.25) is 5.91 Å². The molecule has 1 amide bonds. The lowest BCUT2D eigenvalue weighted by Crippen LogP contribution is -2.47. The van der Waals surface area contributed by atoms with Crippen LogP contribution in [0.2, 0.25) is 0 Å². The van der Waals surface area contributed by atoms with E-state index in [-0.39, 0.29) is 18.6 Å². The van der Waals surface area contributed by atoms with Gasteiger partial charge in [-0.1, -0.05) is 12.8 Å². The molecule has 5 heteroatoms. The predicted octanol–water partition coefficient (Wildman–Crippen LogP) is 0.877. The van der Waals surface area contributed by atoms with E-state index in [0.717, 1.165) is 25.7 Å². The molecule has 2 rings (SSSR count). The topological polar surface area (TPSA) is 66.8 Å². The fourth-order valence-electron chi connectivity index (χ4n) is 3.24. The molecule has 5 nitrogen and oxygen atoms in total. The monoisotopic (exact) mass is 241 g/mol. The Kier molecular flexibility index (Phi) is 3.66. The van der Waals surface area contributed by atoms with E-state index in [9.17, 15) is 14.7 Å². The van der Waals surface area contributed by atoms with Gasteiger partial charge in [0.1, 0.15) is 12.6 Å². The molecule has 1 aliphatic carbocycles. The summed E-state index contributed by atoms with van der Waals surface area (Å²) >= 11 is 0. The van der Waals surface area contributed by atoms with Crippen molar-refractivity contribution in [1.82, 2.24) is 4.90 Å². The zero-order valence-corrected chi connectivity index (χ0v) is 10.1. The third-order valence-corrected chi connectivity index (χ3v) is 3.93. The zero-order chi connectivity index (χ0) is 12.4. The van der Waals surface area contributed by atoms with Crippen molar-refractivity contribution >= 4 is 11.9 Å². The Morgan fingerprint density at radius 2 is 2.06 bits per heavy atom. The van der Waals surface area contributed by atoms with Gasteiger partial charge in [0.25, 0.3) is 0 Å². The smallest absolute Gasteiger partial charge is 0.326 e. The summed E-state index contributed by atoms with van der Waals surface area (Å²) in [6.07, 6.45) is 4.83. The van der Waals surface area contributed by atoms with Crippen LogP contribution >= 0.6 is 0 Å². The normalized spacial score (nSPS) is 32.3. The summed E-state index contributed by atoms with van der Waals surface area (Å²) in [5, 5.41) is 9.21. The van der Waals surface area contributed by atoms with E-state index in [1.54, 1.807) is 4.90 Å². The SMILES string of the molecule is COCC(=O)N1[C@H](C(=O)O)C[C@@H]2CCCC[C@@H]21. The maximum atomic E-state index is 12.0. The highest BCUT2D eigenvalue weighted by Gasteiger charge is 2.47. The number of aliphatic carboxylic acids is 1. The summed E-state index contributed by atoms with van der Waals surface area (Å²) in [7, 11) is 1.46. The van der Waals surface area contributed by atoms with Crippen molar-refractivity contribution in [2.75, 3.05) is 13.7 Å². The Bertz CT molecular complexity index is 318. The number of amides is 1. The van der Waals surface area contributed by atoms with Crippen LogP contribution in [0.3, 0.4) is 0 Å². The molecule has 1 heterocycles. The van der Waals surface area contributed by atoms with E-state index in [0.29, 0.717) is 12.3 Å². The molecule has 0 bridgehead atoms. The average molecular weight is 241 g/mol. The summed E-state index contributed by atoms with van der Waals surface area (Å²) in [6.45, 7) is -0.0208. The quantitative estimate of drug-likeness (QED) is 0.796. The molecule has 0 spiro atoms. The van der Waals surface area contributed by atoms with Crippen molar-refractivity contribution in [2.24, 2.45) is 5.92 Å². The maximum Gasteiger partial charge on any atom is 0.326 e. The summed E-state index contributed by atoms with van der Waals surface area (Å²) in [4.78, 5) is 24.7. The molecule has 2 fully saturated rings. The number of fused-ring (bicyclic) bond motifs is 1. The standard InChI is InChI=1S/C12H19NO4/c1-17-7-11(14)13-9-5-3-2-4-8(9)6-10(13)12(15)16/h8-10H,2-7H2,1H3,(H,15,16)/t8-,9-,10-/m0/s1. The van der Waals surface area contributed by atoms with Crippen molar-refractivity contribution < 1.29 is 19.4 Å². The van der Waals surface area contributed by atoms with E-state index < -0.39 is 12.0 Å². The molecule has 1 N–H and O–H groups in total. The molecule has 0 radical (unpaired) electrons. The molecular formula is C12H19NO4. The number of likely N-dealkylation sites (tertiary alicyclic amines) is 1.